The Morgan fingerprint density at radius 1 is 1.11 bits per heavy atom. The molecule has 0 aliphatic rings. The Morgan fingerprint density at radius 2 is 1.96 bits per heavy atom. The van der Waals surface area contributed by atoms with Gasteiger partial charge in [0.25, 0.3) is 5.56 Å². The van der Waals surface area contributed by atoms with Crippen molar-refractivity contribution in [3.63, 3.8) is 0 Å². The number of benzene rings is 2. The largest absolute Gasteiger partial charge is 0.349 e. The van der Waals surface area contributed by atoms with Crippen LogP contribution in [-0.4, -0.2) is 15.0 Å². The SMILES string of the molecule is CC(Cc1ncc[nH]1)C(C)c1ccc(-c2ccc3cccc(F)c3c2)[nH]c1=O. The van der Waals surface area contributed by atoms with Crippen LogP contribution >= 0.6 is 0 Å². The van der Waals surface area contributed by atoms with E-state index >= 15 is 0 Å². The summed E-state index contributed by atoms with van der Waals surface area (Å²) in [5.41, 5.74) is 2.11. The zero-order valence-electron chi connectivity index (χ0n) is 15.9. The van der Waals surface area contributed by atoms with Gasteiger partial charge in [0.15, 0.2) is 0 Å². The molecule has 0 amide bonds. The van der Waals surface area contributed by atoms with Gasteiger partial charge >= 0.3 is 0 Å². The first kappa shape index (κ1) is 18.2. The standard InChI is InChI=1S/C23H22FN3O/c1-14(12-22-25-10-11-26-22)15(2)18-8-9-21(27-23(18)28)17-7-6-16-4-3-5-20(24)19(16)13-17/h3-11,13-15H,12H2,1-2H3,(H,25,26)(H,27,28). The maximum Gasteiger partial charge on any atom is 0.251 e. The normalized spacial score (nSPS) is 13.5. The molecule has 2 aromatic heterocycles. The van der Waals surface area contributed by atoms with E-state index in [0.717, 1.165) is 28.8 Å². The number of rotatable bonds is 5. The third-order valence-corrected chi connectivity index (χ3v) is 5.49. The van der Waals surface area contributed by atoms with Crippen molar-refractivity contribution in [2.45, 2.75) is 26.2 Å². The topological polar surface area (TPSA) is 61.5 Å². The number of fused-ring (bicyclic) bond motifs is 1. The van der Waals surface area contributed by atoms with Crippen LogP contribution in [0.2, 0.25) is 0 Å². The summed E-state index contributed by atoms with van der Waals surface area (Å²) in [7, 11) is 0. The van der Waals surface area contributed by atoms with Crippen molar-refractivity contribution >= 4 is 10.8 Å². The molecule has 2 unspecified atom stereocenters. The van der Waals surface area contributed by atoms with E-state index in [2.05, 4.69) is 28.8 Å². The lowest BCUT2D eigenvalue weighted by atomic mass is 9.87. The zero-order valence-corrected chi connectivity index (χ0v) is 15.9. The number of aromatic amines is 2. The van der Waals surface area contributed by atoms with E-state index in [0.29, 0.717) is 11.1 Å². The lowest BCUT2D eigenvalue weighted by Crippen LogP contribution is -2.20. The van der Waals surface area contributed by atoms with Gasteiger partial charge in [-0.1, -0.05) is 44.2 Å². The second kappa shape index (κ2) is 7.43. The average molecular weight is 375 g/mol. The molecule has 4 aromatic rings. The lowest BCUT2D eigenvalue weighted by Gasteiger charge is -2.19. The smallest absolute Gasteiger partial charge is 0.251 e. The highest BCUT2D eigenvalue weighted by atomic mass is 19.1. The summed E-state index contributed by atoms with van der Waals surface area (Å²) in [6.45, 7) is 4.18. The Balaban J connectivity index is 1.62. The van der Waals surface area contributed by atoms with Crippen LogP contribution in [0.5, 0.6) is 0 Å². The molecule has 2 heterocycles. The van der Waals surface area contributed by atoms with Gasteiger partial charge in [0.1, 0.15) is 11.6 Å². The molecule has 0 fully saturated rings. The molecule has 0 aliphatic heterocycles. The van der Waals surface area contributed by atoms with Gasteiger partial charge < -0.3 is 9.97 Å². The first-order chi connectivity index (χ1) is 13.5. The minimum absolute atomic E-state index is 0.0805. The third kappa shape index (κ3) is 3.48. The summed E-state index contributed by atoms with van der Waals surface area (Å²) in [5.74, 6) is 0.995. The molecule has 0 spiro atoms. The highest BCUT2D eigenvalue weighted by Gasteiger charge is 2.19. The summed E-state index contributed by atoms with van der Waals surface area (Å²) in [6.07, 6.45) is 4.32. The second-order valence-electron chi connectivity index (χ2n) is 7.34. The molecule has 28 heavy (non-hydrogen) atoms. The van der Waals surface area contributed by atoms with Gasteiger partial charge in [0.2, 0.25) is 0 Å². The Bertz CT molecular complexity index is 1160. The van der Waals surface area contributed by atoms with Crippen molar-refractivity contribution in [3.05, 3.63) is 88.5 Å². The molecular formula is C23H22FN3O. The van der Waals surface area contributed by atoms with Crippen LogP contribution in [0.25, 0.3) is 22.0 Å². The fourth-order valence-corrected chi connectivity index (χ4v) is 3.61. The maximum atomic E-state index is 14.1. The highest BCUT2D eigenvalue weighted by molar-refractivity contribution is 5.87. The van der Waals surface area contributed by atoms with Crippen molar-refractivity contribution in [3.8, 4) is 11.3 Å². The molecule has 2 aromatic carbocycles. The predicted octanol–water partition coefficient (Wildman–Crippen LogP) is 5.04. The molecule has 2 atom stereocenters. The molecule has 0 saturated heterocycles. The van der Waals surface area contributed by atoms with Crippen LogP contribution in [0.1, 0.15) is 31.2 Å². The Hall–Kier alpha value is -3.21. The van der Waals surface area contributed by atoms with E-state index in [1.165, 1.54) is 6.07 Å². The lowest BCUT2D eigenvalue weighted by molar-refractivity contribution is 0.473. The summed E-state index contributed by atoms with van der Waals surface area (Å²) in [4.78, 5) is 23.1. The Kier molecular flexibility index (Phi) is 4.82. The van der Waals surface area contributed by atoms with Crippen molar-refractivity contribution in [2.75, 3.05) is 0 Å². The zero-order chi connectivity index (χ0) is 19.7. The van der Waals surface area contributed by atoms with Gasteiger partial charge in [-0.3, -0.25) is 4.79 Å². The van der Waals surface area contributed by atoms with Crippen molar-refractivity contribution in [1.29, 1.82) is 0 Å². The number of nitrogens with zero attached hydrogens (tertiary/aromatic N) is 1. The van der Waals surface area contributed by atoms with Gasteiger partial charge in [0.05, 0.1) is 0 Å². The van der Waals surface area contributed by atoms with Crippen LogP contribution in [0.4, 0.5) is 4.39 Å². The number of hydrogen-bond donors (Lipinski definition) is 2. The maximum absolute atomic E-state index is 14.1. The van der Waals surface area contributed by atoms with Gasteiger partial charge in [0, 0.05) is 35.5 Å². The minimum atomic E-state index is -0.265. The Labute approximate surface area is 162 Å². The van der Waals surface area contributed by atoms with Crippen LogP contribution in [0, 0.1) is 11.7 Å². The summed E-state index contributed by atoms with van der Waals surface area (Å²) in [5, 5.41) is 1.38. The predicted molar refractivity (Wildman–Crippen MR) is 110 cm³/mol. The fraction of sp³-hybridized carbons (Fsp3) is 0.217. The van der Waals surface area contributed by atoms with E-state index in [1.807, 2.05) is 30.3 Å². The van der Waals surface area contributed by atoms with Gasteiger partial charge in [-0.25, -0.2) is 9.37 Å². The third-order valence-electron chi connectivity index (χ3n) is 5.49. The molecule has 4 rings (SSSR count). The number of imidazole rings is 1. The van der Waals surface area contributed by atoms with E-state index in [9.17, 15) is 9.18 Å². The number of pyridine rings is 1. The van der Waals surface area contributed by atoms with E-state index in [4.69, 9.17) is 0 Å². The molecule has 0 radical (unpaired) electrons. The number of halogens is 1. The molecule has 5 heteroatoms. The quantitative estimate of drug-likeness (QED) is 0.513. The van der Waals surface area contributed by atoms with E-state index in [1.54, 1.807) is 24.5 Å². The number of nitrogens with one attached hydrogen (secondary N) is 2. The molecule has 0 bridgehead atoms. The second-order valence-corrected chi connectivity index (χ2v) is 7.34. The van der Waals surface area contributed by atoms with E-state index in [-0.39, 0.29) is 23.2 Å². The molecular weight excluding hydrogens is 353 g/mol. The average Bonchev–Trinajstić information content (AvgIpc) is 3.20. The van der Waals surface area contributed by atoms with Gasteiger partial charge in [-0.15, -0.1) is 0 Å². The number of H-pyrrole nitrogens is 2. The van der Waals surface area contributed by atoms with Crippen LogP contribution in [-0.2, 0) is 6.42 Å². The van der Waals surface area contributed by atoms with Crippen LogP contribution in [0.15, 0.2) is 65.7 Å². The molecule has 0 aliphatic carbocycles. The molecule has 142 valence electrons. The fourth-order valence-electron chi connectivity index (χ4n) is 3.61. The summed E-state index contributed by atoms with van der Waals surface area (Å²) < 4.78 is 14.1. The van der Waals surface area contributed by atoms with Crippen LogP contribution < -0.4 is 5.56 Å². The van der Waals surface area contributed by atoms with Crippen molar-refractivity contribution < 1.29 is 4.39 Å². The summed E-state index contributed by atoms with van der Waals surface area (Å²) in [6, 6.07) is 14.3. The van der Waals surface area contributed by atoms with Crippen molar-refractivity contribution in [2.24, 2.45) is 5.92 Å². The number of aromatic nitrogens is 3. The first-order valence-electron chi connectivity index (χ1n) is 9.43. The highest BCUT2D eigenvalue weighted by Crippen LogP contribution is 2.27. The van der Waals surface area contributed by atoms with E-state index < -0.39 is 0 Å². The first-order valence-corrected chi connectivity index (χ1v) is 9.43. The minimum Gasteiger partial charge on any atom is -0.349 e. The number of hydrogen-bond acceptors (Lipinski definition) is 2. The molecule has 0 saturated carbocycles. The van der Waals surface area contributed by atoms with Crippen LogP contribution in [0.3, 0.4) is 0 Å². The van der Waals surface area contributed by atoms with Gasteiger partial charge in [-0.05, 0) is 41.0 Å². The monoisotopic (exact) mass is 375 g/mol. The summed E-state index contributed by atoms with van der Waals surface area (Å²) >= 11 is 0. The molecule has 2 N–H and O–H groups in total. The van der Waals surface area contributed by atoms with Crippen molar-refractivity contribution in [1.82, 2.24) is 15.0 Å². The Morgan fingerprint density at radius 3 is 2.71 bits per heavy atom. The van der Waals surface area contributed by atoms with Gasteiger partial charge in [-0.2, -0.15) is 0 Å². The molecule has 4 nitrogen and oxygen atoms in total.